The molecule has 1 atom stereocenters. The Morgan fingerprint density at radius 2 is 1.92 bits per heavy atom. The minimum Gasteiger partial charge on any atom is -0.467 e. The molecule has 1 amide bonds. The molecule has 0 saturated carbocycles. The van der Waals surface area contributed by atoms with Gasteiger partial charge in [0, 0.05) is 15.6 Å². The van der Waals surface area contributed by atoms with E-state index in [0.717, 1.165) is 37.8 Å². The molecule has 1 unspecified atom stereocenters. The minimum atomic E-state index is -0.663. The van der Waals surface area contributed by atoms with Gasteiger partial charge in [0.15, 0.2) is 0 Å². The van der Waals surface area contributed by atoms with Gasteiger partial charge in [-0.05, 0) is 48.9 Å². The number of benzene rings is 3. The largest absolute Gasteiger partial charge is 0.467 e. The molecule has 3 aromatic carbocycles. The van der Waals surface area contributed by atoms with Crippen molar-refractivity contribution in [1.29, 1.82) is 0 Å². The molecule has 1 fully saturated rings. The first-order chi connectivity index (χ1) is 12.5. The van der Waals surface area contributed by atoms with Crippen LogP contribution in [0.2, 0.25) is 0 Å². The highest BCUT2D eigenvalue weighted by Crippen LogP contribution is 2.48. The number of hydrogen-bond donors (Lipinski definition) is 1. The molecule has 0 bridgehead atoms. The zero-order valence-electron chi connectivity index (χ0n) is 14.4. The van der Waals surface area contributed by atoms with Crippen molar-refractivity contribution >= 4 is 38.3 Å². The lowest BCUT2D eigenvalue weighted by atomic mass is 9.91. The maximum atomic E-state index is 12.5. The number of rotatable bonds is 0. The molecule has 1 saturated heterocycles. The van der Waals surface area contributed by atoms with Crippen molar-refractivity contribution in [2.24, 2.45) is 5.41 Å². The quantitative estimate of drug-likeness (QED) is 0.576. The molecule has 2 aliphatic rings. The summed E-state index contributed by atoms with van der Waals surface area (Å²) in [6.07, 6.45) is -0.412. The van der Waals surface area contributed by atoms with E-state index in [-0.39, 0.29) is 5.91 Å². The molecular formula is C21H17BrN2O2. The number of nitrogens with zero attached hydrogens (tertiary/aromatic N) is 1. The molecule has 2 aliphatic heterocycles. The Balaban J connectivity index is 1.85. The summed E-state index contributed by atoms with van der Waals surface area (Å²) in [5, 5.41) is 4.13. The van der Waals surface area contributed by atoms with Crippen LogP contribution < -0.4 is 15.2 Å². The van der Waals surface area contributed by atoms with Crippen LogP contribution in [0.3, 0.4) is 0 Å². The number of carbonyl (C=O) groups is 1. The number of ether oxygens (including phenoxy) is 1. The summed E-state index contributed by atoms with van der Waals surface area (Å²) in [5.74, 6) is 0.759. The van der Waals surface area contributed by atoms with Gasteiger partial charge in [-0.1, -0.05) is 46.3 Å². The average molecular weight is 409 g/mol. The van der Waals surface area contributed by atoms with Gasteiger partial charge in [-0.3, -0.25) is 10.2 Å². The maximum absolute atomic E-state index is 12.5. The zero-order valence-corrected chi connectivity index (χ0v) is 16.0. The van der Waals surface area contributed by atoms with Crippen LogP contribution >= 0.6 is 15.9 Å². The van der Waals surface area contributed by atoms with E-state index >= 15 is 0 Å². The second-order valence-electron chi connectivity index (χ2n) is 7.32. The van der Waals surface area contributed by atoms with E-state index in [4.69, 9.17) is 4.74 Å². The van der Waals surface area contributed by atoms with Gasteiger partial charge in [0.05, 0.1) is 5.69 Å². The highest BCUT2D eigenvalue weighted by Gasteiger charge is 2.51. The molecule has 0 aliphatic carbocycles. The van der Waals surface area contributed by atoms with Crippen molar-refractivity contribution in [2.45, 2.75) is 20.1 Å². The second-order valence-corrected chi connectivity index (χ2v) is 8.24. The van der Waals surface area contributed by atoms with E-state index < -0.39 is 11.6 Å². The SMILES string of the molecule is CC1(C)C(=O)NN2c3ccccc3-c3c(ccc4cc(Br)ccc34)OC21. The molecule has 26 heavy (non-hydrogen) atoms. The molecular weight excluding hydrogens is 392 g/mol. The van der Waals surface area contributed by atoms with Crippen LogP contribution in [0.15, 0.2) is 59.1 Å². The number of nitrogens with one attached hydrogen (secondary N) is 1. The summed E-state index contributed by atoms with van der Waals surface area (Å²) in [6, 6.07) is 18.4. The lowest BCUT2D eigenvalue weighted by Gasteiger charge is -2.29. The summed E-state index contributed by atoms with van der Waals surface area (Å²) < 4.78 is 7.46. The summed E-state index contributed by atoms with van der Waals surface area (Å²) in [7, 11) is 0. The highest BCUT2D eigenvalue weighted by molar-refractivity contribution is 9.10. The van der Waals surface area contributed by atoms with Crippen LogP contribution in [0, 0.1) is 5.41 Å². The normalized spacial score (nSPS) is 19.9. The minimum absolute atomic E-state index is 0.0366. The number of para-hydroxylation sites is 1. The Kier molecular flexibility index (Phi) is 3.16. The number of fused-ring (bicyclic) bond motifs is 7. The van der Waals surface area contributed by atoms with E-state index in [1.54, 1.807) is 0 Å². The number of carbonyl (C=O) groups excluding carboxylic acids is 1. The van der Waals surface area contributed by atoms with Crippen LogP contribution in [0.1, 0.15) is 13.8 Å². The fourth-order valence-electron chi connectivity index (χ4n) is 3.81. The Morgan fingerprint density at radius 1 is 1.12 bits per heavy atom. The number of amides is 1. The predicted molar refractivity (Wildman–Crippen MR) is 106 cm³/mol. The molecule has 0 spiro atoms. The molecule has 5 rings (SSSR count). The fourth-order valence-corrected chi connectivity index (χ4v) is 4.18. The lowest BCUT2D eigenvalue weighted by molar-refractivity contribution is -0.128. The first-order valence-corrected chi connectivity index (χ1v) is 9.35. The van der Waals surface area contributed by atoms with E-state index in [0.29, 0.717) is 0 Å². The Hall–Kier alpha value is -2.53. The highest BCUT2D eigenvalue weighted by atomic mass is 79.9. The van der Waals surface area contributed by atoms with Crippen molar-refractivity contribution in [3.05, 3.63) is 59.1 Å². The van der Waals surface area contributed by atoms with Gasteiger partial charge >= 0.3 is 0 Å². The van der Waals surface area contributed by atoms with E-state index in [9.17, 15) is 4.79 Å². The van der Waals surface area contributed by atoms with Gasteiger partial charge in [0.25, 0.3) is 0 Å². The first kappa shape index (κ1) is 15.7. The summed E-state index contributed by atoms with van der Waals surface area (Å²) in [5.41, 5.74) is 5.39. The van der Waals surface area contributed by atoms with Crippen LogP contribution in [0.5, 0.6) is 5.75 Å². The summed E-state index contributed by atoms with van der Waals surface area (Å²) >= 11 is 3.55. The topological polar surface area (TPSA) is 41.6 Å². The van der Waals surface area contributed by atoms with Crippen LogP contribution in [0.25, 0.3) is 21.9 Å². The zero-order chi connectivity index (χ0) is 18.1. The maximum Gasteiger partial charge on any atom is 0.250 e. The monoisotopic (exact) mass is 408 g/mol. The Morgan fingerprint density at radius 3 is 2.77 bits per heavy atom. The van der Waals surface area contributed by atoms with E-state index in [1.807, 2.05) is 49.2 Å². The van der Waals surface area contributed by atoms with Crippen molar-refractivity contribution in [3.8, 4) is 16.9 Å². The third kappa shape index (κ3) is 2.04. The Labute approximate surface area is 159 Å². The van der Waals surface area contributed by atoms with Gasteiger partial charge in [0.2, 0.25) is 12.1 Å². The van der Waals surface area contributed by atoms with E-state index in [2.05, 4.69) is 45.6 Å². The number of hydrogen-bond acceptors (Lipinski definition) is 3. The van der Waals surface area contributed by atoms with Gasteiger partial charge in [-0.15, -0.1) is 0 Å². The van der Waals surface area contributed by atoms with Crippen LogP contribution in [-0.4, -0.2) is 12.1 Å². The predicted octanol–water partition coefficient (Wildman–Crippen LogP) is 4.87. The molecule has 3 aromatic rings. The molecule has 0 radical (unpaired) electrons. The number of anilines is 1. The second kappa shape index (κ2) is 5.24. The van der Waals surface area contributed by atoms with Gasteiger partial charge in [-0.2, -0.15) is 0 Å². The van der Waals surface area contributed by atoms with Crippen LogP contribution in [-0.2, 0) is 4.79 Å². The fraction of sp³-hybridized carbons (Fsp3) is 0.190. The van der Waals surface area contributed by atoms with Crippen LogP contribution in [0.4, 0.5) is 5.69 Å². The van der Waals surface area contributed by atoms with Crippen molar-refractivity contribution in [2.75, 3.05) is 5.01 Å². The molecule has 5 heteroatoms. The molecule has 0 aromatic heterocycles. The lowest BCUT2D eigenvalue weighted by Crippen LogP contribution is -2.43. The number of halogens is 1. The summed E-state index contributed by atoms with van der Waals surface area (Å²) in [4.78, 5) is 12.5. The molecule has 2 heterocycles. The molecule has 1 N–H and O–H groups in total. The summed E-state index contributed by atoms with van der Waals surface area (Å²) in [6.45, 7) is 3.83. The molecule has 4 nitrogen and oxygen atoms in total. The third-order valence-electron chi connectivity index (χ3n) is 5.27. The van der Waals surface area contributed by atoms with Crippen molar-refractivity contribution in [1.82, 2.24) is 5.43 Å². The number of hydrazine groups is 1. The van der Waals surface area contributed by atoms with E-state index in [1.165, 1.54) is 0 Å². The van der Waals surface area contributed by atoms with Gasteiger partial charge < -0.3 is 4.74 Å². The van der Waals surface area contributed by atoms with Crippen molar-refractivity contribution < 1.29 is 9.53 Å². The third-order valence-corrected chi connectivity index (χ3v) is 5.77. The first-order valence-electron chi connectivity index (χ1n) is 8.55. The molecule has 130 valence electrons. The smallest absolute Gasteiger partial charge is 0.250 e. The average Bonchev–Trinajstić information content (AvgIpc) is 2.77. The standard InChI is InChI=1S/C21H17BrN2O2/c1-21(2)19(25)23-24-16-6-4-3-5-15(16)18-14-9-8-13(22)11-12(14)7-10-17(18)26-20(21)24/h3-11,20H,1-2H3,(H,23,25). The van der Waals surface area contributed by atoms with Crippen molar-refractivity contribution in [3.63, 3.8) is 0 Å². The van der Waals surface area contributed by atoms with Gasteiger partial charge in [0.1, 0.15) is 11.2 Å². The van der Waals surface area contributed by atoms with Gasteiger partial charge in [-0.25, -0.2) is 5.01 Å². The Bertz CT molecular complexity index is 1080.